The normalized spacial score (nSPS) is 10.4. The molecule has 0 aliphatic heterocycles. The molecule has 0 saturated heterocycles. The molecule has 2 nitrogen and oxygen atoms in total. The number of benzene rings is 1. The standard InChI is InChI=1S/C13H14FNO/c1-9-5-11(14)7-12(6-9)15-8-13-4-3-10(2)16-13/h3-7,15H,8H2,1-2H3. The average Bonchev–Trinajstić information content (AvgIpc) is 2.60. The van der Waals surface area contributed by atoms with Crippen LogP contribution in [0.3, 0.4) is 0 Å². The van der Waals surface area contributed by atoms with Gasteiger partial charge in [0.2, 0.25) is 0 Å². The van der Waals surface area contributed by atoms with Crippen LogP contribution >= 0.6 is 0 Å². The number of nitrogens with one attached hydrogen (secondary N) is 1. The van der Waals surface area contributed by atoms with E-state index < -0.39 is 0 Å². The van der Waals surface area contributed by atoms with Gasteiger partial charge in [0.1, 0.15) is 17.3 Å². The van der Waals surface area contributed by atoms with Crippen molar-refractivity contribution in [3.8, 4) is 0 Å². The molecule has 1 heterocycles. The highest BCUT2D eigenvalue weighted by molar-refractivity contribution is 5.46. The number of rotatable bonds is 3. The van der Waals surface area contributed by atoms with Gasteiger partial charge in [-0.1, -0.05) is 0 Å². The van der Waals surface area contributed by atoms with E-state index in [4.69, 9.17) is 4.42 Å². The molecule has 0 unspecified atom stereocenters. The summed E-state index contributed by atoms with van der Waals surface area (Å²) in [7, 11) is 0. The number of halogens is 1. The first kappa shape index (κ1) is 10.7. The van der Waals surface area contributed by atoms with Crippen molar-refractivity contribution in [3.05, 3.63) is 53.2 Å². The van der Waals surface area contributed by atoms with Crippen LogP contribution in [-0.4, -0.2) is 0 Å². The van der Waals surface area contributed by atoms with Gasteiger partial charge in [-0.15, -0.1) is 0 Å². The lowest BCUT2D eigenvalue weighted by atomic mass is 10.2. The minimum Gasteiger partial charge on any atom is -0.465 e. The predicted molar refractivity (Wildman–Crippen MR) is 61.9 cm³/mol. The summed E-state index contributed by atoms with van der Waals surface area (Å²) in [4.78, 5) is 0. The van der Waals surface area contributed by atoms with Gasteiger partial charge in [0.15, 0.2) is 0 Å². The summed E-state index contributed by atoms with van der Waals surface area (Å²) in [5, 5.41) is 3.12. The maximum absolute atomic E-state index is 13.1. The largest absolute Gasteiger partial charge is 0.465 e. The van der Waals surface area contributed by atoms with E-state index in [1.807, 2.05) is 32.0 Å². The fraction of sp³-hybridized carbons (Fsp3) is 0.231. The molecule has 1 aromatic heterocycles. The van der Waals surface area contributed by atoms with Gasteiger partial charge in [0.25, 0.3) is 0 Å². The Morgan fingerprint density at radius 3 is 2.62 bits per heavy atom. The van der Waals surface area contributed by atoms with E-state index in [1.165, 1.54) is 12.1 Å². The number of hydrogen-bond acceptors (Lipinski definition) is 2. The van der Waals surface area contributed by atoms with Gasteiger partial charge in [-0.2, -0.15) is 0 Å². The minimum absolute atomic E-state index is 0.224. The van der Waals surface area contributed by atoms with E-state index in [9.17, 15) is 4.39 Å². The lowest BCUT2D eigenvalue weighted by molar-refractivity contribution is 0.490. The van der Waals surface area contributed by atoms with Crippen LogP contribution in [0.1, 0.15) is 17.1 Å². The highest BCUT2D eigenvalue weighted by Gasteiger charge is 2.00. The second-order valence-electron chi connectivity index (χ2n) is 3.88. The molecule has 0 bridgehead atoms. The van der Waals surface area contributed by atoms with Crippen LogP contribution in [0.25, 0.3) is 0 Å². The Hall–Kier alpha value is -1.77. The summed E-state index contributed by atoms with van der Waals surface area (Å²) in [5.41, 5.74) is 1.67. The van der Waals surface area contributed by atoms with E-state index in [1.54, 1.807) is 0 Å². The van der Waals surface area contributed by atoms with Gasteiger partial charge in [-0.05, 0) is 49.7 Å². The van der Waals surface area contributed by atoms with Crippen molar-refractivity contribution in [2.75, 3.05) is 5.32 Å². The quantitative estimate of drug-likeness (QED) is 0.852. The van der Waals surface area contributed by atoms with Crippen molar-refractivity contribution < 1.29 is 8.81 Å². The third kappa shape index (κ3) is 2.63. The summed E-state index contributed by atoms with van der Waals surface area (Å²) in [6.07, 6.45) is 0. The number of aryl methyl sites for hydroxylation is 2. The molecular weight excluding hydrogens is 205 g/mol. The molecule has 0 fully saturated rings. The molecule has 2 aromatic rings. The molecule has 0 atom stereocenters. The van der Waals surface area contributed by atoms with E-state index in [2.05, 4.69) is 5.32 Å². The van der Waals surface area contributed by atoms with Crippen molar-refractivity contribution in [1.29, 1.82) is 0 Å². The molecule has 0 spiro atoms. The zero-order valence-electron chi connectivity index (χ0n) is 9.38. The Bertz CT molecular complexity index is 470. The smallest absolute Gasteiger partial charge is 0.125 e. The van der Waals surface area contributed by atoms with E-state index in [0.29, 0.717) is 6.54 Å². The summed E-state index contributed by atoms with van der Waals surface area (Å²) in [6.45, 7) is 4.33. The van der Waals surface area contributed by atoms with Gasteiger partial charge >= 0.3 is 0 Å². The van der Waals surface area contributed by atoms with Crippen LogP contribution < -0.4 is 5.32 Å². The topological polar surface area (TPSA) is 25.2 Å². The van der Waals surface area contributed by atoms with E-state index in [-0.39, 0.29) is 5.82 Å². The summed E-state index contributed by atoms with van der Waals surface area (Å²) >= 11 is 0. The Balaban J connectivity index is 2.04. The minimum atomic E-state index is -0.224. The SMILES string of the molecule is Cc1cc(F)cc(NCc2ccc(C)o2)c1. The Kier molecular flexibility index (Phi) is 2.95. The van der Waals surface area contributed by atoms with Gasteiger partial charge in [0, 0.05) is 5.69 Å². The van der Waals surface area contributed by atoms with Crippen LogP contribution in [-0.2, 0) is 6.54 Å². The molecule has 0 aliphatic rings. The highest BCUT2D eigenvalue weighted by atomic mass is 19.1. The van der Waals surface area contributed by atoms with Gasteiger partial charge in [0.05, 0.1) is 6.54 Å². The fourth-order valence-electron chi connectivity index (χ4n) is 1.61. The molecule has 3 heteroatoms. The van der Waals surface area contributed by atoms with E-state index in [0.717, 1.165) is 22.8 Å². The molecule has 1 aromatic carbocycles. The maximum Gasteiger partial charge on any atom is 0.125 e. The van der Waals surface area contributed by atoms with E-state index >= 15 is 0 Å². The average molecular weight is 219 g/mol. The van der Waals surface area contributed by atoms with Crippen LogP contribution in [0.5, 0.6) is 0 Å². The number of hydrogen-bond donors (Lipinski definition) is 1. The molecule has 0 amide bonds. The predicted octanol–water partition coefficient (Wildman–Crippen LogP) is 3.65. The summed E-state index contributed by atoms with van der Waals surface area (Å²) in [5.74, 6) is 1.50. The van der Waals surface area contributed by atoms with Crippen molar-refractivity contribution >= 4 is 5.69 Å². The van der Waals surface area contributed by atoms with Crippen molar-refractivity contribution in [2.45, 2.75) is 20.4 Å². The Morgan fingerprint density at radius 2 is 2.00 bits per heavy atom. The highest BCUT2D eigenvalue weighted by Crippen LogP contribution is 2.15. The molecular formula is C13H14FNO. The zero-order valence-corrected chi connectivity index (χ0v) is 9.38. The second kappa shape index (κ2) is 4.39. The molecule has 16 heavy (non-hydrogen) atoms. The summed E-state index contributed by atoms with van der Waals surface area (Å²) in [6, 6.07) is 8.70. The first-order valence-corrected chi connectivity index (χ1v) is 5.20. The number of furan rings is 1. The maximum atomic E-state index is 13.1. The van der Waals surface area contributed by atoms with Gasteiger partial charge in [-0.25, -0.2) is 4.39 Å². The van der Waals surface area contributed by atoms with Crippen LogP contribution in [0.4, 0.5) is 10.1 Å². The summed E-state index contributed by atoms with van der Waals surface area (Å²) < 4.78 is 18.5. The van der Waals surface area contributed by atoms with Gasteiger partial charge < -0.3 is 9.73 Å². The third-order valence-electron chi connectivity index (χ3n) is 2.30. The number of anilines is 1. The molecule has 0 aliphatic carbocycles. The van der Waals surface area contributed by atoms with Gasteiger partial charge in [-0.3, -0.25) is 0 Å². The van der Waals surface area contributed by atoms with Crippen molar-refractivity contribution in [1.82, 2.24) is 0 Å². The molecule has 84 valence electrons. The fourth-order valence-corrected chi connectivity index (χ4v) is 1.61. The zero-order chi connectivity index (χ0) is 11.5. The molecule has 2 rings (SSSR count). The Labute approximate surface area is 94.1 Å². The molecule has 1 N–H and O–H groups in total. The first-order chi connectivity index (χ1) is 7.63. The van der Waals surface area contributed by atoms with Crippen molar-refractivity contribution in [3.63, 3.8) is 0 Å². The van der Waals surface area contributed by atoms with Crippen LogP contribution in [0.2, 0.25) is 0 Å². The lowest BCUT2D eigenvalue weighted by Gasteiger charge is -2.05. The van der Waals surface area contributed by atoms with Crippen LogP contribution in [0.15, 0.2) is 34.7 Å². The third-order valence-corrected chi connectivity index (χ3v) is 2.30. The molecule has 0 radical (unpaired) electrons. The molecule has 0 saturated carbocycles. The second-order valence-corrected chi connectivity index (χ2v) is 3.88. The van der Waals surface area contributed by atoms with Crippen molar-refractivity contribution in [2.24, 2.45) is 0 Å². The van der Waals surface area contributed by atoms with Crippen LogP contribution in [0, 0.1) is 19.7 Å². The lowest BCUT2D eigenvalue weighted by Crippen LogP contribution is -1.98. The first-order valence-electron chi connectivity index (χ1n) is 5.20. The Morgan fingerprint density at radius 1 is 1.19 bits per heavy atom. The monoisotopic (exact) mass is 219 g/mol.